The van der Waals surface area contributed by atoms with E-state index in [2.05, 4.69) is 16.1 Å². The lowest BCUT2D eigenvalue weighted by atomic mass is 9.93. The number of nitriles is 1. The van der Waals surface area contributed by atoms with Gasteiger partial charge in [0.15, 0.2) is 0 Å². The van der Waals surface area contributed by atoms with Crippen molar-refractivity contribution in [3.63, 3.8) is 0 Å². The van der Waals surface area contributed by atoms with E-state index in [4.69, 9.17) is 0 Å². The summed E-state index contributed by atoms with van der Waals surface area (Å²) in [5.74, 6) is -0.704. The highest BCUT2D eigenvalue weighted by atomic mass is 32.2. The number of thioether (sulfide) groups is 1. The van der Waals surface area contributed by atoms with Crippen LogP contribution in [0, 0.1) is 11.3 Å². The minimum atomic E-state index is -0.396. The molecule has 1 aliphatic rings. The number of hydrogen-bond donors (Lipinski definition) is 1. The van der Waals surface area contributed by atoms with Gasteiger partial charge < -0.3 is 10.1 Å². The Bertz CT molecular complexity index is 587. The molecule has 2 heterocycles. The number of hydrogen-bond acceptors (Lipinski definition) is 6. The van der Waals surface area contributed by atoms with Crippen molar-refractivity contribution in [1.29, 1.82) is 5.26 Å². The molecular formula is C13H12N2O3S2. The number of esters is 1. The highest BCUT2D eigenvalue weighted by molar-refractivity contribution is 8.03. The summed E-state index contributed by atoms with van der Waals surface area (Å²) in [6.07, 6.45) is 0.256. The first kappa shape index (κ1) is 14.6. The van der Waals surface area contributed by atoms with Gasteiger partial charge in [-0.2, -0.15) is 5.26 Å². The van der Waals surface area contributed by atoms with Crippen molar-refractivity contribution in [2.24, 2.45) is 0 Å². The summed E-state index contributed by atoms with van der Waals surface area (Å²) in [7, 11) is 1.30. The van der Waals surface area contributed by atoms with E-state index in [1.54, 1.807) is 0 Å². The molecule has 1 aliphatic heterocycles. The first-order chi connectivity index (χ1) is 9.65. The summed E-state index contributed by atoms with van der Waals surface area (Å²) in [5, 5.41) is 14.4. The van der Waals surface area contributed by atoms with E-state index in [1.165, 1.54) is 18.4 Å². The second-order valence-electron chi connectivity index (χ2n) is 4.04. The van der Waals surface area contributed by atoms with E-state index in [-0.39, 0.29) is 24.0 Å². The SMILES string of the molecule is COC(=O)CSC1=C(C#N)[C@H](c2cccs2)CC(=O)N1. The van der Waals surface area contributed by atoms with Gasteiger partial charge in [0, 0.05) is 17.2 Å². The normalized spacial score (nSPS) is 18.4. The molecule has 0 aromatic carbocycles. The first-order valence-corrected chi connectivity index (χ1v) is 7.69. The Kier molecular flexibility index (Phi) is 4.82. The molecule has 104 valence electrons. The molecule has 0 radical (unpaired) electrons. The molecule has 1 aromatic heterocycles. The predicted molar refractivity (Wildman–Crippen MR) is 76.9 cm³/mol. The lowest BCUT2D eigenvalue weighted by Crippen LogP contribution is -2.31. The Morgan fingerprint density at radius 2 is 2.50 bits per heavy atom. The maximum Gasteiger partial charge on any atom is 0.316 e. The molecule has 2 rings (SSSR count). The summed E-state index contributed by atoms with van der Waals surface area (Å²) in [4.78, 5) is 23.9. The van der Waals surface area contributed by atoms with Gasteiger partial charge in [0.05, 0.1) is 29.5 Å². The van der Waals surface area contributed by atoms with E-state index < -0.39 is 5.97 Å². The number of carbonyl (C=O) groups excluding carboxylic acids is 2. The predicted octanol–water partition coefficient (Wildman–Crippen LogP) is 1.99. The van der Waals surface area contributed by atoms with E-state index in [1.807, 2.05) is 17.5 Å². The average molecular weight is 308 g/mol. The van der Waals surface area contributed by atoms with Crippen LogP contribution in [0.1, 0.15) is 17.2 Å². The molecule has 1 N–H and O–H groups in total. The number of ether oxygens (including phenoxy) is 1. The van der Waals surface area contributed by atoms with Gasteiger partial charge in [-0.15, -0.1) is 11.3 Å². The molecule has 0 unspecified atom stereocenters. The summed E-state index contributed by atoms with van der Waals surface area (Å²) < 4.78 is 4.56. The smallest absolute Gasteiger partial charge is 0.316 e. The van der Waals surface area contributed by atoms with Crippen molar-refractivity contribution < 1.29 is 14.3 Å². The van der Waals surface area contributed by atoms with Crippen LogP contribution >= 0.6 is 23.1 Å². The molecule has 0 saturated heterocycles. The van der Waals surface area contributed by atoms with E-state index in [0.29, 0.717) is 10.6 Å². The number of carbonyl (C=O) groups is 2. The Morgan fingerprint density at radius 1 is 1.70 bits per heavy atom. The number of nitrogens with zero attached hydrogens (tertiary/aromatic N) is 1. The topological polar surface area (TPSA) is 79.2 Å². The van der Waals surface area contributed by atoms with Gasteiger partial charge >= 0.3 is 5.97 Å². The van der Waals surface area contributed by atoms with Crippen molar-refractivity contribution in [3.05, 3.63) is 33.0 Å². The molecule has 0 fully saturated rings. The van der Waals surface area contributed by atoms with Gasteiger partial charge in [0.1, 0.15) is 0 Å². The van der Waals surface area contributed by atoms with Gasteiger partial charge in [-0.25, -0.2) is 0 Å². The number of amides is 1. The number of methoxy groups -OCH3 is 1. The number of thiophene rings is 1. The van der Waals surface area contributed by atoms with Crippen molar-refractivity contribution >= 4 is 35.0 Å². The first-order valence-electron chi connectivity index (χ1n) is 5.82. The Balaban J connectivity index is 2.27. The van der Waals surface area contributed by atoms with Gasteiger partial charge in [-0.05, 0) is 11.4 Å². The zero-order valence-electron chi connectivity index (χ0n) is 10.7. The van der Waals surface area contributed by atoms with Crippen LogP contribution in [0.4, 0.5) is 0 Å². The fourth-order valence-electron chi connectivity index (χ4n) is 1.86. The second kappa shape index (κ2) is 6.59. The van der Waals surface area contributed by atoms with Crippen molar-refractivity contribution in [3.8, 4) is 6.07 Å². The zero-order valence-corrected chi connectivity index (χ0v) is 12.3. The summed E-state index contributed by atoms with van der Waals surface area (Å²) >= 11 is 2.64. The van der Waals surface area contributed by atoms with Crippen LogP contribution in [-0.2, 0) is 14.3 Å². The minimum absolute atomic E-state index is 0.0639. The van der Waals surface area contributed by atoms with Crippen molar-refractivity contribution in [2.75, 3.05) is 12.9 Å². The molecule has 0 bridgehead atoms. The van der Waals surface area contributed by atoms with Gasteiger partial charge in [0.25, 0.3) is 0 Å². The molecule has 20 heavy (non-hydrogen) atoms. The Hall–Kier alpha value is -1.78. The largest absolute Gasteiger partial charge is 0.468 e. The molecule has 5 nitrogen and oxygen atoms in total. The molecule has 0 aliphatic carbocycles. The van der Waals surface area contributed by atoms with E-state index >= 15 is 0 Å². The standard InChI is InChI=1S/C13H12N2O3S2/c1-18-12(17)7-20-13-9(6-14)8(5-11(16)15-13)10-3-2-4-19-10/h2-4,8H,5,7H2,1H3,(H,15,16)/t8-/m1/s1. The van der Waals surface area contributed by atoms with Crippen LogP contribution in [0.5, 0.6) is 0 Å². The van der Waals surface area contributed by atoms with Crippen molar-refractivity contribution in [2.45, 2.75) is 12.3 Å². The van der Waals surface area contributed by atoms with Crippen LogP contribution in [0.3, 0.4) is 0 Å². The monoisotopic (exact) mass is 308 g/mol. The van der Waals surface area contributed by atoms with E-state index in [9.17, 15) is 14.9 Å². The molecule has 0 spiro atoms. The quantitative estimate of drug-likeness (QED) is 0.861. The molecular weight excluding hydrogens is 296 g/mol. The summed E-state index contributed by atoms with van der Waals surface area (Å²) in [5.41, 5.74) is 0.501. The fourth-order valence-corrected chi connectivity index (χ4v) is 3.60. The average Bonchev–Trinajstić information content (AvgIpc) is 2.98. The number of rotatable bonds is 4. The molecule has 7 heteroatoms. The van der Waals surface area contributed by atoms with Crippen LogP contribution in [0.15, 0.2) is 28.1 Å². The highest BCUT2D eigenvalue weighted by Gasteiger charge is 2.30. The van der Waals surface area contributed by atoms with Crippen LogP contribution < -0.4 is 5.32 Å². The summed E-state index contributed by atoms with van der Waals surface area (Å²) in [6, 6.07) is 5.96. The minimum Gasteiger partial charge on any atom is -0.468 e. The number of allylic oxidation sites excluding steroid dienone is 1. The zero-order chi connectivity index (χ0) is 14.5. The highest BCUT2D eigenvalue weighted by Crippen LogP contribution is 2.37. The number of nitrogens with one attached hydrogen (secondary N) is 1. The van der Waals surface area contributed by atoms with Crippen LogP contribution in [-0.4, -0.2) is 24.7 Å². The lowest BCUT2D eigenvalue weighted by Gasteiger charge is -2.23. The molecule has 0 saturated carbocycles. The third-order valence-electron chi connectivity index (χ3n) is 2.80. The van der Waals surface area contributed by atoms with Crippen LogP contribution in [0.25, 0.3) is 0 Å². The molecule has 1 atom stereocenters. The second-order valence-corrected chi connectivity index (χ2v) is 6.00. The fraction of sp³-hybridized carbons (Fsp3) is 0.308. The van der Waals surface area contributed by atoms with Gasteiger partial charge in [-0.3, -0.25) is 9.59 Å². The van der Waals surface area contributed by atoms with Gasteiger partial charge in [-0.1, -0.05) is 17.8 Å². The molecule has 1 amide bonds. The third kappa shape index (κ3) is 3.21. The Labute approximate surface area is 124 Å². The maximum absolute atomic E-state index is 11.8. The maximum atomic E-state index is 11.8. The van der Waals surface area contributed by atoms with Gasteiger partial charge in [0.2, 0.25) is 5.91 Å². The lowest BCUT2D eigenvalue weighted by molar-refractivity contribution is -0.137. The molecule has 1 aromatic rings. The van der Waals surface area contributed by atoms with E-state index in [0.717, 1.165) is 16.6 Å². The summed E-state index contributed by atoms with van der Waals surface area (Å²) in [6.45, 7) is 0. The third-order valence-corrected chi connectivity index (χ3v) is 4.78. The van der Waals surface area contributed by atoms with Crippen LogP contribution in [0.2, 0.25) is 0 Å². The Morgan fingerprint density at radius 3 is 3.10 bits per heavy atom. The van der Waals surface area contributed by atoms with Crippen molar-refractivity contribution in [1.82, 2.24) is 5.32 Å².